The minimum absolute atomic E-state index is 0.0166. The van der Waals surface area contributed by atoms with Crippen LogP contribution >= 0.6 is 34.7 Å². The van der Waals surface area contributed by atoms with Gasteiger partial charge in [0.2, 0.25) is 0 Å². The predicted molar refractivity (Wildman–Crippen MR) is 126 cm³/mol. The van der Waals surface area contributed by atoms with Crippen molar-refractivity contribution in [2.45, 2.75) is 11.3 Å². The zero-order valence-electron chi connectivity index (χ0n) is 16.8. The minimum atomic E-state index is -0.0166. The summed E-state index contributed by atoms with van der Waals surface area (Å²) in [7, 11) is 0. The van der Waals surface area contributed by atoms with E-state index in [1.807, 2.05) is 53.6 Å². The Labute approximate surface area is 190 Å². The highest BCUT2D eigenvalue weighted by atomic mass is 35.5. The van der Waals surface area contributed by atoms with Crippen LogP contribution in [0.1, 0.15) is 16.8 Å². The number of nitrogens with zero attached hydrogens (tertiary/aromatic N) is 3. The predicted octanol–water partition coefficient (Wildman–Crippen LogP) is 5.04. The molecule has 1 saturated heterocycles. The van der Waals surface area contributed by atoms with Gasteiger partial charge in [-0.15, -0.1) is 11.8 Å². The van der Waals surface area contributed by atoms with Crippen LogP contribution in [0.3, 0.4) is 0 Å². The van der Waals surface area contributed by atoms with E-state index in [2.05, 4.69) is 4.90 Å². The van der Waals surface area contributed by atoms with Crippen molar-refractivity contribution in [1.82, 2.24) is 9.88 Å². The van der Waals surface area contributed by atoms with Crippen LogP contribution in [0.15, 0.2) is 47.4 Å². The van der Waals surface area contributed by atoms with Crippen LogP contribution in [-0.2, 0) is 4.74 Å². The second kappa shape index (κ2) is 10.1. The molecule has 8 heteroatoms. The summed E-state index contributed by atoms with van der Waals surface area (Å²) in [4.78, 5) is 23.5. The summed E-state index contributed by atoms with van der Waals surface area (Å²) in [5, 5.41) is 1.31. The molecule has 1 aliphatic rings. The van der Waals surface area contributed by atoms with Crippen LogP contribution in [-0.4, -0.2) is 61.4 Å². The van der Waals surface area contributed by atoms with Crippen LogP contribution in [0.4, 0.5) is 5.13 Å². The molecule has 0 saturated carbocycles. The maximum absolute atomic E-state index is 13.6. The van der Waals surface area contributed by atoms with Gasteiger partial charge in [-0.1, -0.05) is 41.1 Å². The number of para-hydroxylation sites is 1. The first-order valence-corrected chi connectivity index (χ1v) is 12.4. The van der Waals surface area contributed by atoms with Crippen LogP contribution in [0, 0.1) is 0 Å². The zero-order valence-corrected chi connectivity index (χ0v) is 19.2. The molecule has 1 aromatic heterocycles. The summed E-state index contributed by atoms with van der Waals surface area (Å²) in [6, 6.07) is 13.5. The van der Waals surface area contributed by atoms with Crippen molar-refractivity contribution in [1.29, 1.82) is 0 Å². The van der Waals surface area contributed by atoms with E-state index in [0.29, 0.717) is 22.3 Å². The van der Waals surface area contributed by atoms with E-state index in [4.69, 9.17) is 21.3 Å². The molecule has 0 radical (unpaired) electrons. The van der Waals surface area contributed by atoms with E-state index in [-0.39, 0.29) is 5.91 Å². The lowest BCUT2D eigenvalue weighted by molar-refractivity contribution is 0.0376. The highest BCUT2D eigenvalue weighted by Crippen LogP contribution is 2.34. The monoisotopic (exact) mass is 461 g/mol. The molecule has 5 nitrogen and oxygen atoms in total. The minimum Gasteiger partial charge on any atom is -0.379 e. The summed E-state index contributed by atoms with van der Waals surface area (Å²) in [5.74, 6) is -0.0166. The summed E-state index contributed by atoms with van der Waals surface area (Å²) < 4.78 is 6.42. The molecule has 0 N–H and O–H groups in total. The van der Waals surface area contributed by atoms with Crippen LogP contribution in [0.25, 0.3) is 10.2 Å². The Morgan fingerprint density at radius 3 is 2.80 bits per heavy atom. The molecule has 0 aliphatic carbocycles. The number of morpholine rings is 1. The largest absolute Gasteiger partial charge is 0.379 e. The van der Waals surface area contributed by atoms with Gasteiger partial charge < -0.3 is 4.74 Å². The second-order valence-corrected chi connectivity index (χ2v) is 9.31. The molecule has 1 fully saturated rings. The van der Waals surface area contributed by atoms with Gasteiger partial charge in [-0.25, -0.2) is 4.98 Å². The molecular formula is C22H24ClN3O2S2. The molecule has 2 heterocycles. The van der Waals surface area contributed by atoms with Crippen molar-refractivity contribution in [3.63, 3.8) is 0 Å². The first-order valence-electron chi connectivity index (χ1n) is 9.97. The number of carbonyl (C=O) groups is 1. The van der Waals surface area contributed by atoms with Gasteiger partial charge in [0.1, 0.15) is 5.52 Å². The smallest absolute Gasteiger partial charge is 0.261 e. The van der Waals surface area contributed by atoms with E-state index in [1.165, 1.54) is 11.3 Å². The van der Waals surface area contributed by atoms with Gasteiger partial charge in [0, 0.05) is 31.1 Å². The SMILES string of the molecule is CSc1ccccc1C(=O)N(CCCN1CCOCC1)c1nc2c(Cl)cccc2s1. The molecule has 0 bridgehead atoms. The van der Waals surface area contributed by atoms with Crippen molar-refractivity contribution in [2.75, 3.05) is 50.5 Å². The second-order valence-electron chi connectivity index (χ2n) is 7.05. The van der Waals surface area contributed by atoms with E-state index >= 15 is 0 Å². The van der Waals surface area contributed by atoms with Crippen molar-refractivity contribution in [3.8, 4) is 0 Å². The fraction of sp³-hybridized carbons (Fsp3) is 0.364. The molecule has 0 spiro atoms. The summed E-state index contributed by atoms with van der Waals surface area (Å²) in [6.07, 6.45) is 2.86. The number of ether oxygens (including phenoxy) is 1. The van der Waals surface area contributed by atoms with Gasteiger partial charge in [0.25, 0.3) is 5.91 Å². The van der Waals surface area contributed by atoms with Gasteiger partial charge in [-0.3, -0.25) is 14.6 Å². The molecule has 1 aliphatic heterocycles. The van der Waals surface area contributed by atoms with Crippen molar-refractivity contribution >= 4 is 56.0 Å². The summed E-state index contributed by atoms with van der Waals surface area (Å²) >= 11 is 9.44. The van der Waals surface area contributed by atoms with Crippen molar-refractivity contribution in [2.24, 2.45) is 0 Å². The van der Waals surface area contributed by atoms with Gasteiger partial charge >= 0.3 is 0 Å². The number of anilines is 1. The highest BCUT2D eigenvalue weighted by molar-refractivity contribution is 7.98. The topological polar surface area (TPSA) is 45.7 Å². The van der Waals surface area contributed by atoms with E-state index in [9.17, 15) is 4.79 Å². The fourth-order valence-electron chi connectivity index (χ4n) is 3.55. The average Bonchev–Trinajstić information content (AvgIpc) is 3.22. The van der Waals surface area contributed by atoms with Crippen LogP contribution in [0.2, 0.25) is 5.02 Å². The van der Waals surface area contributed by atoms with E-state index < -0.39 is 0 Å². The maximum Gasteiger partial charge on any atom is 0.261 e. The Kier molecular flexibility index (Phi) is 7.28. The van der Waals surface area contributed by atoms with Crippen LogP contribution in [0.5, 0.6) is 0 Å². The van der Waals surface area contributed by atoms with Crippen molar-refractivity contribution in [3.05, 3.63) is 53.1 Å². The molecule has 158 valence electrons. The lowest BCUT2D eigenvalue weighted by Gasteiger charge is -2.28. The van der Waals surface area contributed by atoms with Crippen molar-refractivity contribution < 1.29 is 9.53 Å². The molecule has 2 aromatic carbocycles. The summed E-state index contributed by atoms with van der Waals surface area (Å²) in [5.41, 5.74) is 1.46. The zero-order chi connectivity index (χ0) is 20.9. The quantitative estimate of drug-likeness (QED) is 0.461. The maximum atomic E-state index is 13.6. The molecule has 30 heavy (non-hydrogen) atoms. The third-order valence-electron chi connectivity index (χ3n) is 5.13. The third kappa shape index (κ3) is 4.81. The number of hydrogen-bond acceptors (Lipinski definition) is 6. The highest BCUT2D eigenvalue weighted by Gasteiger charge is 2.24. The van der Waals surface area contributed by atoms with E-state index in [1.54, 1.807) is 11.8 Å². The van der Waals surface area contributed by atoms with Gasteiger partial charge in [0.15, 0.2) is 5.13 Å². The number of rotatable bonds is 7. The molecule has 1 amide bonds. The lowest BCUT2D eigenvalue weighted by atomic mass is 10.2. The number of fused-ring (bicyclic) bond motifs is 1. The molecule has 0 atom stereocenters. The summed E-state index contributed by atoms with van der Waals surface area (Å²) in [6.45, 7) is 4.99. The first kappa shape index (κ1) is 21.6. The number of aromatic nitrogens is 1. The van der Waals surface area contributed by atoms with Gasteiger partial charge in [-0.05, 0) is 36.9 Å². The van der Waals surface area contributed by atoms with Crippen LogP contribution < -0.4 is 4.90 Å². The molecule has 3 aromatic rings. The standard InChI is InChI=1S/C22H24ClN3O2S2/c1-29-18-8-3-2-6-16(18)21(27)26(11-5-10-25-12-14-28-15-13-25)22-24-20-17(23)7-4-9-19(20)30-22/h2-4,6-9H,5,10-15H2,1H3. The number of thioether (sulfide) groups is 1. The first-order chi connectivity index (χ1) is 14.7. The number of thiazole rings is 1. The number of carbonyl (C=O) groups excluding carboxylic acids is 1. The molecule has 0 unspecified atom stereocenters. The number of amides is 1. The van der Waals surface area contributed by atoms with Gasteiger partial charge in [-0.2, -0.15) is 0 Å². The molecule has 4 rings (SSSR count). The van der Waals surface area contributed by atoms with Gasteiger partial charge in [0.05, 0.1) is 28.5 Å². The van der Waals surface area contributed by atoms with E-state index in [0.717, 1.165) is 54.4 Å². The number of halogens is 1. The normalized spacial score (nSPS) is 14.9. The number of hydrogen-bond donors (Lipinski definition) is 0. The number of benzene rings is 2. The Hall–Kier alpha value is -1.64. The average molecular weight is 462 g/mol. The Morgan fingerprint density at radius 2 is 2.03 bits per heavy atom. The molecular weight excluding hydrogens is 438 g/mol. The Balaban J connectivity index is 1.61. The Bertz CT molecular complexity index is 1020. The lowest BCUT2D eigenvalue weighted by Crippen LogP contribution is -2.39. The third-order valence-corrected chi connectivity index (χ3v) is 7.28. The fourth-order valence-corrected chi connectivity index (χ4v) is 5.43. The Morgan fingerprint density at radius 1 is 1.23 bits per heavy atom.